The monoisotopic (exact) mass is 367 g/mol. The van der Waals surface area contributed by atoms with Crippen LogP contribution in [0.1, 0.15) is 16.1 Å². The van der Waals surface area contributed by atoms with Crippen LogP contribution < -0.4 is 5.32 Å². The molecule has 132 valence electrons. The van der Waals surface area contributed by atoms with Gasteiger partial charge in [0.2, 0.25) is 0 Å². The van der Waals surface area contributed by atoms with Crippen LogP contribution in [0.25, 0.3) is 0 Å². The molecule has 6 nitrogen and oxygen atoms in total. The molecule has 1 N–H and O–H groups in total. The minimum Gasteiger partial charge on any atom is -0.340 e. The van der Waals surface area contributed by atoms with Gasteiger partial charge in [-0.3, -0.25) is 9.78 Å². The fourth-order valence-corrected chi connectivity index (χ4v) is 2.54. The maximum absolute atomic E-state index is 12.5. The molecule has 7 heteroatoms. The third-order valence-electron chi connectivity index (χ3n) is 3.85. The summed E-state index contributed by atoms with van der Waals surface area (Å²) in [6.07, 6.45) is 4.24. The number of hydrogen-bond acceptors (Lipinski definition) is 5. The van der Waals surface area contributed by atoms with Gasteiger partial charge in [-0.1, -0.05) is 23.7 Å². The second-order valence-electron chi connectivity index (χ2n) is 5.74. The summed E-state index contributed by atoms with van der Waals surface area (Å²) in [5, 5.41) is 11.8. The zero-order chi connectivity index (χ0) is 18.4. The van der Waals surface area contributed by atoms with Gasteiger partial charge in [0, 0.05) is 26.0 Å². The smallest absolute Gasteiger partial charge is 0.274 e. The summed E-state index contributed by atoms with van der Waals surface area (Å²) in [4.78, 5) is 18.1. The van der Waals surface area contributed by atoms with Crippen LogP contribution in [0.2, 0.25) is 5.02 Å². The number of nitrogens with zero attached hydrogens (tertiary/aromatic N) is 4. The SMILES string of the molecule is CN(CCc1ccncc1)C(=O)c1ccc(Nc2ccccc2Cl)nn1. The Hall–Kier alpha value is -2.99. The van der Waals surface area contributed by atoms with Crippen LogP contribution in [-0.2, 0) is 6.42 Å². The molecule has 0 aliphatic carbocycles. The molecule has 0 bridgehead atoms. The number of carbonyl (C=O) groups is 1. The molecule has 0 aliphatic rings. The third kappa shape index (κ3) is 4.55. The predicted molar refractivity (Wildman–Crippen MR) is 102 cm³/mol. The summed E-state index contributed by atoms with van der Waals surface area (Å²) in [6, 6.07) is 14.6. The van der Waals surface area contributed by atoms with E-state index in [2.05, 4.69) is 20.5 Å². The zero-order valence-corrected chi connectivity index (χ0v) is 15.0. The molecule has 2 aromatic heterocycles. The molecule has 26 heavy (non-hydrogen) atoms. The van der Waals surface area contributed by atoms with Crippen molar-refractivity contribution in [2.75, 3.05) is 18.9 Å². The summed E-state index contributed by atoms with van der Waals surface area (Å²) < 4.78 is 0. The van der Waals surface area contributed by atoms with Gasteiger partial charge in [0.15, 0.2) is 11.5 Å². The van der Waals surface area contributed by atoms with Crippen molar-refractivity contribution < 1.29 is 4.79 Å². The van der Waals surface area contributed by atoms with E-state index in [1.54, 1.807) is 42.5 Å². The molecule has 0 spiro atoms. The molecule has 0 aliphatic heterocycles. The van der Waals surface area contributed by atoms with Crippen LogP contribution in [0.5, 0.6) is 0 Å². The maximum Gasteiger partial charge on any atom is 0.274 e. The van der Waals surface area contributed by atoms with E-state index in [1.807, 2.05) is 30.3 Å². The Morgan fingerprint density at radius 2 is 1.85 bits per heavy atom. The van der Waals surface area contributed by atoms with Crippen LogP contribution in [0.15, 0.2) is 60.9 Å². The van der Waals surface area contributed by atoms with Crippen molar-refractivity contribution >= 4 is 29.0 Å². The topological polar surface area (TPSA) is 71.0 Å². The van der Waals surface area contributed by atoms with E-state index in [0.29, 0.717) is 23.1 Å². The lowest BCUT2D eigenvalue weighted by Crippen LogP contribution is -2.29. The summed E-state index contributed by atoms with van der Waals surface area (Å²) >= 11 is 6.11. The van der Waals surface area contributed by atoms with Gasteiger partial charge >= 0.3 is 0 Å². The molecule has 2 heterocycles. The van der Waals surface area contributed by atoms with Crippen molar-refractivity contribution in [1.29, 1.82) is 0 Å². The van der Waals surface area contributed by atoms with Crippen LogP contribution >= 0.6 is 11.6 Å². The Morgan fingerprint density at radius 1 is 1.08 bits per heavy atom. The van der Waals surface area contributed by atoms with E-state index in [4.69, 9.17) is 11.6 Å². The van der Waals surface area contributed by atoms with Gasteiger partial charge in [-0.2, -0.15) is 0 Å². The lowest BCUT2D eigenvalue weighted by Gasteiger charge is -2.16. The molecule has 0 fully saturated rings. The third-order valence-corrected chi connectivity index (χ3v) is 4.18. The Balaban J connectivity index is 1.60. The average molecular weight is 368 g/mol. The number of para-hydroxylation sites is 1. The van der Waals surface area contributed by atoms with Crippen molar-refractivity contribution in [3.63, 3.8) is 0 Å². The number of rotatable bonds is 6. The molecule has 0 saturated heterocycles. The number of carbonyl (C=O) groups excluding carboxylic acids is 1. The molecular formula is C19H18ClN5O. The van der Waals surface area contributed by atoms with Crippen molar-refractivity contribution in [2.45, 2.75) is 6.42 Å². The lowest BCUT2D eigenvalue weighted by molar-refractivity contribution is 0.0789. The molecule has 3 rings (SSSR count). The van der Waals surface area contributed by atoms with Crippen molar-refractivity contribution in [1.82, 2.24) is 20.1 Å². The van der Waals surface area contributed by atoms with Crippen LogP contribution in [0.4, 0.5) is 11.5 Å². The first kappa shape index (κ1) is 17.8. The largest absolute Gasteiger partial charge is 0.340 e. The van der Waals surface area contributed by atoms with E-state index in [1.165, 1.54) is 0 Å². The van der Waals surface area contributed by atoms with Gasteiger partial charge in [0.25, 0.3) is 5.91 Å². The number of halogens is 1. The van der Waals surface area contributed by atoms with Gasteiger partial charge in [-0.15, -0.1) is 10.2 Å². The Morgan fingerprint density at radius 3 is 2.54 bits per heavy atom. The summed E-state index contributed by atoms with van der Waals surface area (Å²) in [6.45, 7) is 0.587. The molecule has 3 aromatic rings. The molecule has 0 atom stereocenters. The number of amides is 1. The highest BCUT2D eigenvalue weighted by atomic mass is 35.5. The number of nitrogens with one attached hydrogen (secondary N) is 1. The molecular weight excluding hydrogens is 350 g/mol. The minimum absolute atomic E-state index is 0.171. The van der Waals surface area contributed by atoms with Gasteiger partial charge < -0.3 is 10.2 Å². The summed E-state index contributed by atoms with van der Waals surface area (Å²) in [5.41, 5.74) is 2.16. The standard InChI is InChI=1S/C19H18ClN5O/c1-25(13-10-14-8-11-21-12-9-14)19(26)17-6-7-18(24-23-17)22-16-5-3-2-4-15(16)20/h2-9,11-12H,10,13H2,1H3,(H,22,24). The minimum atomic E-state index is -0.171. The van der Waals surface area contributed by atoms with Crippen molar-refractivity contribution in [2.24, 2.45) is 0 Å². The zero-order valence-electron chi connectivity index (χ0n) is 14.3. The van der Waals surface area contributed by atoms with Gasteiger partial charge in [0.05, 0.1) is 10.7 Å². The van der Waals surface area contributed by atoms with Crippen molar-refractivity contribution in [3.05, 3.63) is 77.2 Å². The number of benzene rings is 1. The highest BCUT2D eigenvalue weighted by Gasteiger charge is 2.14. The number of likely N-dealkylation sites (N-methyl/N-ethyl adjacent to an activating group) is 1. The van der Waals surface area contributed by atoms with Gasteiger partial charge in [-0.25, -0.2) is 0 Å². The van der Waals surface area contributed by atoms with Gasteiger partial charge in [0.1, 0.15) is 0 Å². The Bertz CT molecular complexity index is 871. The average Bonchev–Trinajstić information content (AvgIpc) is 2.69. The fraction of sp³-hybridized carbons (Fsp3) is 0.158. The Labute approximate surface area is 156 Å². The molecule has 0 radical (unpaired) electrons. The van der Waals surface area contributed by atoms with E-state index >= 15 is 0 Å². The first-order valence-corrected chi connectivity index (χ1v) is 8.51. The van der Waals surface area contributed by atoms with Crippen LogP contribution in [0.3, 0.4) is 0 Å². The van der Waals surface area contributed by atoms with Crippen LogP contribution in [0, 0.1) is 0 Å². The van der Waals surface area contributed by atoms with E-state index in [-0.39, 0.29) is 5.91 Å². The Kier molecular flexibility index (Phi) is 5.76. The van der Waals surface area contributed by atoms with Crippen molar-refractivity contribution in [3.8, 4) is 0 Å². The van der Waals surface area contributed by atoms with E-state index < -0.39 is 0 Å². The fourth-order valence-electron chi connectivity index (χ4n) is 2.36. The number of anilines is 2. The molecule has 1 aromatic carbocycles. The predicted octanol–water partition coefficient (Wildman–Crippen LogP) is 3.58. The quantitative estimate of drug-likeness (QED) is 0.721. The normalized spacial score (nSPS) is 10.4. The lowest BCUT2D eigenvalue weighted by atomic mass is 10.2. The highest BCUT2D eigenvalue weighted by Crippen LogP contribution is 2.23. The molecule has 0 unspecified atom stereocenters. The van der Waals surface area contributed by atoms with E-state index in [0.717, 1.165) is 17.7 Å². The van der Waals surface area contributed by atoms with Gasteiger partial charge in [-0.05, 0) is 48.4 Å². The summed E-state index contributed by atoms with van der Waals surface area (Å²) in [7, 11) is 1.75. The highest BCUT2D eigenvalue weighted by molar-refractivity contribution is 6.33. The summed E-state index contributed by atoms with van der Waals surface area (Å²) in [5.74, 6) is 0.352. The molecule has 0 saturated carbocycles. The number of aromatic nitrogens is 3. The van der Waals surface area contributed by atoms with E-state index in [9.17, 15) is 4.79 Å². The second-order valence-corrected chi connectivity index (χ2v) is 6.15. The molecule has 1 amide bonds. The van der Waals surface area contributed by atoms with Crippen LogP contribution in [-0.4, -0.2) is 39.6 Å². The first-order valence-electron chi connectivity index (χ1n) is 8.13. The first-order chi connectivity index (χ1) is 12.6. The number of hydrogen-bond donors (Lipinski definition) is 1. The second kappa shape index (κ2) is 8.40. The maximum atomic E-state index is 12.5. The number of pyridine rings is 1.